The number of amides is 1. The van der Waals surface area contributed by atoms with E-state index in [0.29, 0.717) is 11.5 Å². The number of methoxy groups -OCH3 is 1. The van der Waals surface area contributed by atoms with Crippen LogP contribution in [0.1, 0.15) is 37.7 Å². The van der Waals surface area contributed by atoms with Crippen molar-refractivity contribution in [2.24, 2.45) is 10.8 Å². The molecule has 1 fully saturated rings. The Morgan fingerprint density at radius 3 is 2.80 bits per heavy atom. The summed E-state index contributed by atoms with van der Waals surface area (Å²) in [6.07, 6.45) is 7.25. The van der Waals surface area contributed by atoms with Crippen LogP contribution in [0.3, 0.4) is 0 Å². The smallest absolute Gasteiger partial charge is 0.258 e. The van der Waals surface area contributed by atoms with Crippen LogP contribution < -0.4 is 25.9 Å². The molecule has 0 unspecified atom stereocenters. The van der Waals surface area contributed by atoms with Crippen LogP contribution in [-0.2, 0) is 4.79 Å². The van der Waals surface area contributed by atoms with Gasteiger partial charge < -0.3 is 20.5 Å². The Morgan fingerprint density at radius 2 is 2.12 bits per heavy atom. The van der Waals surface area contributed by atoms with Crippen LogP contribution in [0.25, 0.3) is 0 Å². The van der Waals surface area contributed by atoms with Gasteiger partial charge in [0.05, 0.1) is 13.3 Å². The van der Waals surface area contributed by atoms with Gasteiger partial charge in [-0.15, -0.1) is 0 Å². The third kappa shape index (κ3) is 6.58. The van der Waals surface area contributed by atoms with Crippen molar-refractivity contribution in [1.29, 1.82) is 0 Å². The molecule has 4 N–H and O–H groups in total. The number of ether oxygens (including phenoxy) is 2. The number of thiocarbonyl (C=S) groups is 1. The lowest BCUT2D eigenvalue weighted by Gasteiger charge is -2.22. The Balaban J connectivity index is 1.88. The lowest BCUT2D eigenvalue weighted by Crippen LogP contribution is -2.39. The number of hydrogen-bond acceptors (Lipinski definition) is 5. The first-order chi connectivity index (χ1) is 12.1. The summed E-state index contributed by atoms with van der Waals surface area (Å²) >= 11 is 4.67. The molecule has 1 aromatic carbocycles. The van der Waals surface area contributed by atoms with E-state index in [4.69, 9.17) is 15.2 Å². The van der Waals surface area contributed by atoms with E-state index in [0.717, 1.165) is 18.4 Å². The molecule has 1 amide bonds. The summed E-state index contributed by atoms with van der Waals surface area (Å²) in [4.78, 5) is 12.0. The van der Waals surface area contributed by atoms with Crippen molar-refractivity contribution in [3.8, 4) is 11.5 Å². The molecule has 1 saturated carbocycles. The molecule has 1 aliphatic rings. The maximum Gasteiger partial charge on any atom is 0.258 e. The van der Waals surface area contributed by atoms with Gasteiger partial charge in [-0.2, -0.15) is 5.10 Å². The number of carbonyl (C=O) groups is 1. The molecule has 1 aromatic rings. The maximum absolute atomic E-state index is 12.0. The summed E-state index contributed by atoms with van der Waals surface area (Å²) < 4.78 is 10.9. The Morgan fingerprint density at radius 1 is 1.36 bits per heavy atom. The SMILES string of the molecule is COc1cc(C=NNC(N)=S)ccc1OCC(=O)NC1CCCCC1. The molecule has 0 atom stereocenters. The van der Waals surface area contributed by atoms with Crippen LogP contribution in [0.4, 0.5) is 0 Å². The molecule has 7 nitrogen and oxygen atoms in total. The standard InChI is InChI=1S/C17H24N4O3S/c1-23-15-9-12(10-19-21-17(18)25)7-8-14(15)24-11-16(22)20-13-5-3-2-4-6-13/h7-10,13H,2-6,11H2,1H3,(H,20,22)(H3,18,21,25). The van der Waals surface area contributed by atoms with E-state index in [9.17, 15) is 4.79 Å². The maximum atomic E-state index is 12.0. The molecular formula is C17H24N4O3S. The van der Waals surface area contributed by atoms with E-state index >= 15 is 0 Å². The number of nitrogens with two attached hydrogens (primary N) is 1. The second-order valence-corrected chi connectivity index (χ2v) is 6.28. The number of carbonyl (C=O) groups excluding carboxylic acids is 1. The summed E-state index contributed by atoms with van der Waals surface area (Å²) in [5, 5.41) is 6.99. The Bertz CT molecular complexity index is 630. The fourth-order valence-corrected chi connectivity index (χ4v) is 2.77. The first kappa shape index (κ1) is 19.0. The number of nitrogens with zero attached hydrogens (tertiary/aromatic N) is 1. The summed E-state index contributed by atoms with van der Waals surface area (Å²) in [5.41, 5.74) is 8.55. The molecule has 0 radical (unpaired) electrons. The normalized spacial score (nSPS) is 14.9. The summed E-state index contributed by atoms with van der Waals surface area (Å²) in [7, 11) is 1.54. The second-order valence-electron chi connectivity index (χ2n) is 5.84. The minimum Gasteiger partial charge on any atom is -0.493 e. The Hall–Kier alpha value is -2.35. The first-order valence-electron chi connectivity index (χ1n) is 8.27. The first-order valence-corrected chi connectivity index (χ1v) is 8.68. The van der Waals surface area contributed by atoms with Crippen molar-refractivity contribution in [3.63, 3.8) is 0 Å². The van der Waals surface area contributed by atoms with Gasteiger partial charge in [-0.25, -0.2) is 0 Å². The minimum absolute atomic E-state index is 0.0384. The van der Waals surface area contributed by atoms with Crippen molar-refractivity contribution in [1.82, 2.24) is 10.7 Å². The second kappa shape index (κ2) is 9.83. The van der Waals surface area contributed by atoms with Crippen LogP contribution in [0.15, 0.2) is 23.3 Å². The van der Waals surface area contributed by atoms with Gasteiger partial charge in [0.1, 0.15) is 0 Å². The number of hydrogen-bond donors (Lipinski definition) is 3. The zero-order chi connectivity index (χ0) is 18.1. The molecule has 0 bridgehead atoms. The number of nitrogens with one attached hydrogen (secondary N) is 2. The quantitative estimate of drug-likeness (QED) is 0.387. The average Bonchev–Trinajstić information content (AvgIpc) is 2.61. The van der Waals surface area contributed by atoms with E-state index in [1.165, 1.54) is 19.3 Å². The van der Waals surface area contributed by atoms with E-state index in [2.05, 4.69) is 28.1 Å². The molecule has 0 saturated heterocycles. The number of hydrazone groups is 1. The molecule has 0 heterocycles. The highest BCUT2D eigenvalue weighted by molar-refractivity contribution is 7.80. The molecule has 0 aliphatic heterocycles. The molecule has 0 spiro atoms. The van der Waals surface area contributed by atoms with E-state index in [1.54, 1.807) is 31.5 Å². The average molecular weight is 364 g/mol. The van der Waals surface area contributed by atoms with Gasteiger partial charge in [0.2, 0.25) is 0 Å². The number of rotatable bonds is 7. The van der Waals surface area contributed by atoms with E-state index in [-0.39, 0.29) is 23.7 Å². The minimum atomic E-state index is -0.111. The topological polar surface area (TPSA) is 98.0 Å². The van der Waals surface area contributed by atoms with Gasteiger partial charge in [-0.05, 0) is 48.8 Å². The van der Waals surface area contributed by atoms with Crippen molar-refractivity contribution < 1.29 is 14.3 Å². The van der Waals surface area contributed by atoms with Gasteiger partial charge >= 0.3 is 0 Å². The van der Waals surface area contributed by atoms with E-state index < -0.39 is 0 Å². The van der Waals surface area contributed by atoms with E-state index in [1.807, 2.05) is 0 Å². The van der Waals surface area contributed by atoms with Gasteiger partial charge in [-0.3, -0.25) is 10.2 Å². The summed E-state index contributed by atoms with van der Waals surface area (Å²) in [6.45, 7) is -0.0384. The molecule has 2 rings (SSSR count). The van der Waals surface area contributed by atoms with Crippen molar-refractivity contribution >= 4 is 29.5 Å². The van der Waals surface area contributed by atoms with Crippen molar-refractivity contribution in [2.45, 2.75) is 38.1 Å². The molecular weight excluding hydrogens is 340 g/mol. The van der Waals surface area contributed by atoms with Gasteiger partial charge in [0.15, 0.2) is 23.2 Å². The van der Waals surface area contributed by atoms with Crippen LogP contribution in [0, 0.1) is 0 Å². The highest BCUT2D eigenvalue weighted by Crippen LogP contribution is 2.27. The largest absolute Gasteiger partial charge is 0.493 e. The third-order valence-electron chi connectivity index (χ3n) is 3.91. The van der Waals surface area contributed by atoms with Crippen LogP contribution in [0.2, 0.25) is 0 Å². The fraction of sp³-hybridized carbons (Fsp3) is 0.471. The van der Waals surface area contributed by atoms with Crippen molar-refractivity contribution in [3.05, 3.63) is 23.8 Å². The lowest BCUT2D eigenvalue weighted by molar-refractivity contribution is -0.124. The van der Waals surface area contributed by atoms with Crippen LogP contribution in [0.5, 0.6) is 11.5 Å². The van der Waals surface area contributed by atoms with Crippen molar-refractivity contribution in [2.75, 3.05) is 13.7 Å². The van der Waals surface area contributed by atoms with Gasteiger partial charge in [-0.1, -0.05) is 19.3 Å². The lowest BCUT2D eigenvalue weighted by atomic mass is 9.95. The molecule has 25 heavy (non-hydrogen) atoms. The molecule has 8 heteroatoms. The summed E-state index contributed by atoms with van der Waals surface area (Å²) in [6, 6.07) is 5.54. The zero-order valence-corrected chi connectivity index (χ0v) is 15.1. The highest BCUT2D eigenvalue weighted by Gasteiger charge is 2.16. The van der Waals surface area contributed by atoms with Gasteiger partial charge in [0, 0.05) is 6.04 Å². The predicted molar refractivity (Wildman–Crippen MR) is 101 cm³/mol. The molecule has 0 aromatic heterocycles. The molecule has 1 aliphatic carbocycles. The zero-order valence-electron chi connectivity index (χ0n) is 14.3. The monoisotopic (exact) mass is 364 g/mol. The Kier molecular flexibility index (Phi) is 7.46. The molecule has 136 valence electrons. The van der Waals surface area contributed by atoms with Crippen LogP contribution in [-0.4, -0.2) is 37.0 Å². The predicted octanol–water partition coefficient (Wildman–Crippen LogP) is 1.69. The Labute approximate surface area is 152 Å². The number of benzene rings is 1. The van der Waals surface area contributed by atoms with Gasteiger partial charge in [0.25, 0.3) is 5.91 Å². The summed E-state index contributed by atoms with van der Waals surface area (Å²) in [5.74, 6) is 0.908. The third-order valence-corrected chi connectivity index (χ3v) is 4.00. The fourth-order valence-electron chi connectivity index (χ4n) is 2.71. The van der Waals surface area contributed by atoms with Crippen LogP contribution >= 0.6 is 12.2 Å². The highest BCUT2D eigenvalue weighted by atomic mass is 32.1.